The van der Waals surface area contributed by atoms with E-state index in [0.717, 1.165) is 41.6 Å². The summed E-state index contributed by atoms with van der Waals surface area (Å²) in [6.07, 6.45) is 4.24. The molecule has 0 aliphatic heterocycles. The van der Waals surface area contributed by atoms with Crippen LogP contribution in [0.4, 0.5) is 0 Å². The number of rotatable bonds is 4. The molecule has 0 atom stereocenters. The highest BCUT2D eigenvalue weighted by atomic mass is 16.1. The molecular weight excluding hydrogens is 306 g/mol. The van der Waals surface area contributed by atoms with Gasteiger partial charge in [-0.2, -0.15) is 0 Å². The van der Waals surface area contributed by atoms with E-state index < -0.39 is 0 Å². The second kappa shape index (κ2) is 7.68. The van der Waals surface area contributed by atoms with Gasteiger partial charge < -0.3 is 0 Å². The summed E-state index contributed by atoms with van der Waals surface area (Å²) in [5.74, 6) is 6.31. The zero-order chi connectivity index (χ0) is 17.6. The van der Waals surface area contributed by atoms with E-state index in [1.54, 1.807) is 4.57 Å². The Morgan fingerprint density at radius 1 is 1.12 bits per heavy atom. The molecule has 0 unspecified atom stereocenters. The molecule has 25 heavy (non-hydrogen) atoms. The number of benzene rings is 2. The maximum atomic E-state index is 13.3. The molecule has 3 rings (SSSR count). The fourth-order valence-electron chi connectivity index (χ4n) is 2.97. The van der Waals surface area contributed by atoms with E-state index in [4.69, 9.17) is 0 Å². The van der Waals surface area contributed by atoms with Gasteiger partial charge in [-0.1, -0.05) is 55.2 Å². The zero-order valence-electron chi connectivity index (χ0n) is 14.5. The van der Waals surface area contributed by atoms with Gasteiger partial charge in [0, 0.05) is 23.4 Å². The summed E-state index contributed by atoms with van der Waals surface area (Å²) in [5.41, 5.74) is 2.68. The van der Waals surface area contributed by atoms with E-state index in [2.05, 4.69) is 31.4 Å². The summed E-state index contributed by atoms with van der Waals surface area (Å²) < 4.78 is 1.80. The van der Waals surface area contributed by atoms with Gasteiger partial charge in [-0.25, -0.2) is 0 Å². The standard InChI is InChI=1S/C23H21NO/c1-3-5-6-8-12-18-13-11-14-19-17-20(4-2)24(23(25)22(18)19)21-15-9-7-10-16-21/h3,7,9-11,13-17H,1,4-6H2,2H3. The number of hydrogen-bond donors (Lipinski definition) is 0. The Balaban J connectivity index is 2.27. The van der Waals surface area contributed by atoms with Crippen LogP contribution in [-0.2, 0) is 6.42 Å². The third kappa shape index (κ3) is 3.41. The van der Waals surface area contributed by atoms with Crippen molar-refractivity contribution in [2.24, 2.45) is 0 Å². The number of allylic oxidation sites excluding steroid dienone is 1. The van der Waals surface area contributed by atoms with Crippen LogP contribution in [0, 0.1) is 11.8 Å². The lowest BCUT2D eigenvalue weighted by atomic mass is 10.0. The van der Waals surface area contributed by atoms with Crippen LogP contribution in [0.3, 0.4) is 0 Å². The van der Waals surface area contributed by atoms with Crippen LogP contribution in [0.5, 0.6) is 0 Å². The summed E-state index contributed by atoms with van der Waals surface area (Å²) >= 11 is 0. The van der Waals surface area contributed by atoms with E-state index in [-0.39, 0.29) is 5.56 Å². The van der Waals surface area contributed by atoms with Crippen LogP contribution in [0.2, 0.25) is 0 Å². The van der Waals surface area contributed by atoms with Crippen LogP contribution in [-0.4, -0.2) is 4.57 Å². The molecule has 0 spiro atoms. The van der Waals surface area contributed by atoms with Crippen LogP contribution in [0.1, 0.15) is 31.0 Å². The van der Waals surface area contributed by atoms with E-state index in [1.165, 1.54) is 0 Å². The summed E-state index contributed by atoms with van der Waals surface area (Å²) in [4.78, 5) is 13.3. The Morgan fingerprint density at radius 2 is 1.92 bits per heavy atom. The average molecular weight is 327 g/mol. The molecule has 3 aromatic rings. The number of para-hydroxylation sites is 1. The first-order valence-electron chi connectivity index (χ1n) is 8.59. The molecule has 0 saturated carbocycles. The van der Waals surface area contributed by atoms with Gasteiger partial charge in [0.05, 0.1) is 5.39 Å². The molecule has 0 saturated heterocycles. The minimum absolute atomic E-state index is 0.00540. The third-order valence-corrected chi connectivity index (χ3v) is 4.20. The number of nitrogens with zero attached hydrogens (tertiary/aromatic N) is 1. The van der Waals surface area contributed by atoms with Gasteiger partial charge in [0.1, 0.15) is 0 Å². The predicted octanol–water partition coefficient (Wildman–Crippen LogP) is 4.87. The molecule has 2 aromatic carbocycles. The maximum absolute atomic E-state index is 13.3. The van der Waals surface area contributed by atoms with Crippen LogP contribution in [0.15, 0.2) is 72.0 Å². The molecule has 0 amide bonds. The molecule has 0 fully saturated rings. The van der Waals surface area contributed by atoms with Gasteiger partial charge in [0.25, 0.3) is 5.56 Å². The highest BCUT2D eigenvalue weighted by Crippen LogP contribution is 2.19. The van der Waals surface area contributed by atoms with E-state index in [0.29, 0.717) is 5.39 Å². The quantitative estimate of drug-likeness (QED) is 0.381. The second-order valence-electron chi connectivity index (χ2n) is 5.86. The van der Waals surface area contributed by atoms with E-state index >= 15 is 0 Å². The van der Waals surface area contributed by atoms with Crippen molar-refractivity contribution in [2.75, 3.05) is 0 Å². The number of hydrogen-bond acceptors (Lipinski definition) is 1. The van der Waals surface area contributed by atoms with Crippen molar-refractivity contribution in [3.63, 3.8) is 0 Å². The molecule has 0 aliphatic carbocycles. The summed E-state index contributed by atoms with van der Waals surface area (Å²) in [6, 6.07) is 17.8. The first-order chi connectivity index (χ1) is 12.3. The van der Waals surface area contributed by atoms with Gasteiger partial charge in [0.2, 0.25) is 0 Å². The lowest BCUT2D eigenvalue weighted by Crippen LogP contribution is -2.22. The SMILES string of the molecule is C=CCCC#Cc1cccc2cc(CC)n(-c3ccccc3)c(=O)c12. The normalized spacial score (nSPS) is 10.3. The number of fused-ring (bicyclic) bond motifs is 1. The molecule has 124 valence electrons. The first kappa shape index (κ1) is 16.8. The van der Waals surface area contributed by atoms with Crippen molar-refractivity contribution in [2.45, 2.75) is 26.2 Å². The Labute approximate surface area is 148 Å². The number of unbranched alkanes of at least 4 members (excludes halogenated alkanes) is 1. The van der Waals surface area contributed by atoms with Crippen molar-refractivity contribution in [1.29, 1.82) is 0 Å². The number of pyridine rings is 1. The lowest BCUT2D eigenvalue weighted by molar-refractivity contribution is 0.889. The van der Waals surface area contributed by atoms with Gasteiger partial charge >= 0.3 is 0 Å². The third-order valence-electron chi connectivity index (χ3n) is 4.20. The van der Waals surface area contributed by atoms with Gasteiger partial charge in [-0.3, -0.25) is 9.36 Å². The maximum Gasteiger partial charge on any atom is 0.264 e. The van der Waals surface area contributed by atoms with Crippen LogP contribution >= 0.6 is 0 Å². The largest absolute Gasteiger partial charge is 0.281 e. The highest BCUT2D eigenvalue weighted by molar-refractivity contribution is 5.88. The number of aromatic nitrogens is 1. The number of aryl methyl sites for hydroxylation is 1. The molecule has 0 bridgehead atoms. The summed E-state index contributed by atoms with van der Waals surface area (Å²) in [6.45, 7) is 5.78. The highest BCUT2D eigenvalue weighted by Gasteiger charge is 2.12. The van der Waals surface area contributed by atoms with Gasteiger partial charge in [-0.15, -0.1) is 6.58 Å². The van der Waals surface area contributed by atoms with Crippen LogP contribution in [0.25, 0.3) is 16.5 Å². The topological polar surface area (TPSA) is 22.0 Å². The van der Waals surface area contributed by atoms with Crippen molar-refractivity contribution in [1.82, 2.24) is 4.57 Å². The van der Waals surface area contributed by atoms with Gasteiger partial charge in [-0.05, 0) is 42.5 Å². The molecule has 0 aliphatic rings. The second-order valence-corrected chi connectivity index (χ2v) is 5.86. The smallest absolute Gasteiger partial charge is 0.264 e. The molecule has 1 aromatic heterocycles. The van der Waals surface area contributed by atoms with Gasteiger partial charge in [0.15, 0.2) is 0 Å². The molecule has 2 nitrogen and oxygen atoms in total. The molecular formula is C23H21NO. The van der Waals surface area contributed by atoms with E-state index in [1.807, 2.05) is 54.6 Å². The first-order valence-corrected chi connectivity index (χ1v) is 8.59. The summed E-state index contributed by atoms with van der Waals surface area (Å²) in [7, 11) is 0. The Morgan fingerprint density at radius 3 is 2.64 bits per heavy atom. The fourth-order valence-corrected chi connectivity index (χ4v) is 2.97. The summed E-state index contributed by atoms with van der Waals surface area (Å²) in [5, 5.41) is 1.64. The fraction of sp³-hybridized carbons (Fsp3) is 0.174. The van der Waals surface area contributed by atoms with Crippen molar-refractivity contribution < 1.29 is 0 Å². The lowest BCUT2D eigenvalue weighted by Gasteiger charge is -2.14. The Hall–Kier alpha value is -3.05. The van der Waals surface area contributed by atoms with E-state index in [9.17, 15) is 4.79 Å². The average Bonchev–Trinajstić information content (AvgIpc) is 2.65. The van der Waals surface area contributed by atoms with Crippen molar-refractivity contribution in [3.8, 4) is 17.5 Å². The predicted molar refractivity (Wildman–Crippen MR) is 105 cm³/mol. The minimum Gasteiger partial charge on any atom is -0.281 e. The van der Waals surface area contributed by atoms with Crippen molar-refractivity contribution >= 4 is 10.8 Å². The van der Waals surface area contributed by atoms with Crippen molar-refractivity contribution in [3.05, 3.63) is 88.9 Å². The monoisotopic (exact) mass is 327 g/mol. The molecule has 2 heteroatoms. The molecule has 0 radical (unpaired) electrons. The zero-order valence-corrected chi connectivity index (χ0v) is 14.5. The molecule has 1 heterocycles. The van der Waals surface area contributed by atoms with Crippen LogP contribution < -0.4 is 5.56 Å². The molecule has 0 N–H and O–H groups in total. The Kier molecular flexibility index (Phi) is 5.16. The minimum atomic E-state index is -0.00540. The Bertz CT molecular complexity index is 1020.